The van der Waals surface area contributed by atoms with E-state index in [1.165, 1.54) is 0 Å². The highest BCUT2D eigenvalue weighted by atomic mass is 16.6. The number of alkyl carbamates (subject to hydrolysis) is 1. The van der Waals surface area contributed by atoms with Crippen LogP contribution in [-0.4, -0.2) is 47.3 Å². The monoisotopic (exact) mass is 308 g/mol. The number of hydrogen-bond acceptors (Lipinski definition) is 4. The van der Waals surface area contributed by atoms with Gasteiger partial charge in [0.2, 0.25) is 0 Å². The molecule has 0 spiro atoms. The van der Waals surface area contributed by atoms with Crippen molar-refractivity contribution >= 4 is 12.1 Å². The molecule has 1 aromatic carbocycles. The van der Waals surface area contributed by atoms with Gasteiger partial charge in [-0.3, -0.25) is 9.69 Å². The molecule has 0 atom stereocenters. The molecule has 0 aromatic heterocycles. The molecular weight excluding hydrogens is 284 g/mol. The quantitative estimate of drug-likeness (QED) is 0.806. The zero-order chi connectivity index (χ0) is 16.6. The third kappa shape index (κ3) is 8.26. The van der Waals surface area contributed by atoms with Crippen LogP contribution in [0.2, 0.25) is 0 Å². The first-order chi connectivity index (χ1) is 10.3. The molecule has 1 aromatic rings. The zero-order valence-electron chi connectivity index (χ0n) is 13.3. The van der Waals surface area contributed by atoms with Crippen LogP contribution in [0.15, 0.2) is 30.3 Å². The number of hydrogen-bond donors (Lipinski definition) is 2. The molecule has 22 heavy (non-hydrogen) atoms. The summed E-state index contributed by atoms with van der Waals surface area (Å²) in [6.45, 7) is 6.57. The molecule has 0 heterocycles. The molecule has 6 nitrogen and oxygen atoms in total. The maximum Gasteiger partial charge on any atom is 0.407 e. The van der Waals surface area contributed by atoms with Crippen LogP contribution in [0.5, 0.6) is 0 Å². The summed E-state index contributed by atoms with van der Waals surface area (Å²) in [6.07, 6.45) is -0.498. The number of nitrogens with zero attached hydrogens (tertiary/aromatic N) is 1. The van der Waals surface area contributed by atoms with E-state index < -0.39 is 17.7 Å². The molecule has 0 radical (unpaired) electrons. The van der Waals surface area contributed by atoms with Gasteiger partial charge >= 0.3 is 12.1 Å². The number of ether oxygens (including phenoxy) is 1. The molecule has 1 amide bonds. The van der Waals surface area contributed by atoms with Crippen molar-refractivity contribution in [3.05, 3.63) is 35.9 Å². The summed E-state index contributed by atoms with van der Waals surface area (Å²) in [5.41, 5.74) is 0.482. The molecule has 0 saturated carbocycles. The second-order valence-electron chi connectivity index (χ2n) is 6.02. The Hall–Kier alpha value is -2.08. The van der Waals surface area contributed by atoms with E-state index in [-0.39, 0.29) is 6.54 Å². The van der Waals surface area contributed by atoms with Crippen LogP contribution < -0.4 is 5.32 Å². The average Bonchev–Trinajstić information content (AvgIpc) is 2.36. The normalized spacial score (nSPS) is 11.3. The summed E-state index contributed by atoms with van der Waals surface area (Å²) in [5.74, 6) is -0.895. The van der Waals surface area contributed by atoms with Crippen LogP contribution in [0.1, 0.15) is 26.3 Å². The largest absolute Gasteiger partial charge is 0.480 e. The third-order valence-electron chi connectivity index (χ3n) is 2.70. The fourth-order valence-electron chi connectivity index (χ4n) is 1.88. The van der Waals surface area contributed by atoms with Crippen LogP contribution in [0.25, 0.3) is 0 Å². The number of carbonyl (C=O) groups is 2. The molecule has 0 saturated heterocycles. The van der Waals surface area contributed by atoms with E-state index in [0.29, 0.717) is 19.6 Å². The number of rotatable bonds is 7. The Morgan fingerprint density at radius 3 is 2.41 bits per heavy atom. The fourth-order valence-corrected chi connectivity index (χ4v) is 1.88. The molecule has 1 rings (SSSR count). The second kappa shape index (κ2) is 8.38. The second-order valence-corrected chi connectivity index (χ2v) is 6.02. The van der Waals surface area contributed by atoms with Gasteiger partial charge in [-0.05, 0) is 26.3 Å². The van der Waals surface area contributed by atoms with E-state index in [0.717, 1.165) is 5.56 Å². The molecule has 0 aliphatic rings. The van der Waals surface area contributed by atoms with E-state index in [9.17, 15) is 9.59 Å². The first-order valence-electron chi connectivity index (χ1n) is 7.21. The molecule has 0 bridgehead atoms. The zero-order valence-corrected chi connectivity index (χ0v) is 13.3. The summed E-state index contributed by atoms with van der Waals surface area (Å²) >= 11 is 0. The lowest BCUT2D eigenvalue weighted by molar-refractivity contribution is -0.138. The van der Waals surface area contributed by atoms with Crippen molar-refractivity contribution in [1.29, 1.82) is 0 Å². The average molecular weight is 308 g/mol. The Morgan fingerprint density at radius 1 is 1.23 bits per heavy atom. The predicted molar refractivity (Wildman–Crippen MR) is 83.6 cm³/mol. The third-order valence-corrected chi connectivity index (χ3v) is 2.70. The first kappa shape index (κ1) is 18.0. The van der Waals surface area contributed by atoms with Gasteiger partial charge in [-0.25, -0.2) is 4.79 Å². The van der Waals surface area contributed by atoms with E-state index in [1.54, 1.807) is 25.7 Å². The van der Waals surface area contributed by atoms with Gasteiger partial charge in [0.1, 0.15) is 5.60 Å². The van der Waals surface area contributed by atoms with Crippen molar-refractivity contribution in [1.82, 2.24) is 10.2 Å². The minimum Gasteiger partial charge on any atom is -0.480 e. The molecule has 0 aliphatic carbocycles. The van der Waals surface area contributed by atoms with Crippen molar-refractivity contribution in [2.45, 2.75) is 32.9 Å². The van der Waals surface area contributed by atoms with E-state index >= 15 is 0 Å². The Kier molecular flexibility index (Phi) is 6.85. The van der Waals surface area contributed by atoms with Gasteiger partial charge < -0.3 is 15.2 Å². The van der Waals surface area contributed by atoms with E-state index in [4.69, 9.17) is 9.84 Å². The van der Waals surface area contributed by atoms with E-state index in [1.807, 2.05) is 30.3 Å². The Bertz CT molecular complexity index is 483. The molecule has 2 N–H and O–H groups in total. The van der Waals surface area contributed by atoms with Gasteiger partial charge in [0.25, 0.3) is 0 Å². The van der Waals surface area contributed by atoms with Crippen molar-refractivity contribution in [2.75, 3.05) is 19.6 Å². The van der Waals surface area contributed by atoms with Gasteiger partial charge in [-0.1, -0.05) is 30.3 Å². The predicted octanol–water partition coefficient (Wildman–Crippen LogP) is 2.10. The maximum absolute atomic E-state index is 11.6. The highest BCUT2D eigenvalue weighted by molar-refractivity contribution is 5.69. The van der Waals surface area contributed by atoms with E-state index in [2.05, 4.69) is 5.32 Å². The minimum absolute atomic E-state index is 0.0785. The van der Waals surface area contributed by atoms with Crippen LogP contribution in [0.4, 0.5) is 4.79 Å². The maximum atomic E-state index is 11.6. The summed E-state index contributed by atoms with van der Waals surface area (Å²) in [4.78, 5) is 24.2. The lowest BCUT2D eigenvalue weighted by Crippen LogP contribution is -2.39. The molecule has 122 valence electrons. The smallest absolute Gasteiger partial charge is 0.407 e. The summed E-state index contributed by atoms with van der Waals surface area (Å²) in [5, 5.41) is 11.6. The molecule has 6 heteroatoms. The SMILES string of the molecule is CC(C)(C)OC(=O)NCCN(CC(=O)O)Cc1ccccc1. The summed E-state index contributed by atoms with van der Waals surface area (Å²) in [6, 6.07) is 9.61. The highest BCUT2D eigenvalue weighted by Gasteiger charge is 2.16. The number of carboxylic acids is 1. The minimum atomic E-state index is -0.895. The molecule has 0 unspecified atom stereocenters. The van der Waals surface area contributed by atoms with Gasteiger partial charge in [-0.15, -0.1) is 0 Å². The van der Waals surface area contributed by atoms with Crippen LogP contribution in [-0.2, 0) is 16.1 Å². The van der Waals surface area contributed by atoms with Crippen LogP contribution in [0.3, 0.4) is 0 Å². The number of amides is 1. The number of benzene rings is 1. The number of aliphatic carboxylic acids is 1. The van der Waals surface area contributed by atoms with Crippen molar-refractivity contribution in [3.8, 4) is 0 Å². The molecule has 0 fully saturated rings. The van der Waals surface area contributed by atoms with Gasteiger partial charge in [0.15, 0.2) is 0 Å². The number of nitrogens with one attached hydrogen (secondary N) is 1. The Morgan fingerprint density at radius 2 is 1.86 bits per heavy atom. The van der Waals surface area contributed by atoms with Crippen molar-refractivity contribution < 1.29 is 19.4 Å². The fraction of sp³-hybridized carbons (Fsp3) is 0.500. The van der Waals surface area contributed by atoms with Gasteiger partial charge in [0, 0.05) is 19.6 Å². The standard InChI is InChI=1S/C16H24N2O4/c1-16(2,3)22-15(21)17-9-10-18(12-14(19)20)11-13-7-5-4-6-8-13/h4-8H,9-12H2,1-3H3,(H,17,21)(H,19,20). The summed E-state index contributed by atoms with van der Waals surface area (Å²) in [7, 11) is 0. The first-order valence-corrected chi connectivity index (χ1v) is 7.21. The number of carbonyl (C=O) groups excluding carboxylic acids is 1. The lowest BCUT2D eigenvalue weighted by Gasteiger charge is -2.22. The van der Waals surface area contributed by atoms with Crippen LogP contribution >= 0.6 is 0 Å². The van der Waals surface area contributed by atoms with Crippen LogP contribution in [0, 0.1) is 0 Å². The van der Waals surface area contributed by atoms with Crippen molar-refractivity contribution in [2.24, 2.45) is 0 Å². The molecule has 0 aliphatic heterocycles. The number of carboxylic acid groups (broad SMARTS) is 1. The molecular formula is C16H24N2O4. The Balaban J connectivity index is 2.45. The van der Waals surface area contributed by atoms with Gasteiger partial charge in [0.05, 0.1) is 6.54 Å². The Labute approximate surface area is 131 Å². The lowest BCUT2D eigenvalue weighted by atomic mass is 10.2. The summed E-state index contributed by atoms with van der Waals surface area (Å²) < 4.78 is 5.13. The topological polar surface area (TPSA) is 78.9 Å². The van der Waals surface area contributed by atoms with Crippen molar-refractivity contribution in [3.63, 3.8) is 0 Å². The highest BCUT2D eigenvalue weighted by Crippen LogP contribution is 2.06. The van der Waals surface area contributed by atoms with Gasteiger partial charge in [-0.2, -0.15) is 0 Å².